The van der Waals surface area contributed by atoms with Gasteiger partial charge in [0.15, 0.2) is 5.78 Å². The summed E-state index contributed by atoms with van der Waals surface area (Å²) in [7, 11) is 0. The van der Waals surface area contributed by atoms with E-state index in [1.165, 1.54) is 0 Å². The fourth-order valence-corrected chi connectivity index (χ4v) is 4.48. The number of carbonyl (C=O) groups is 1. The Kier molecular flexibility index (Phi) is 3.28. The molecule has 2 nitrogen and oxygen atoms in total. The van der Waals surface area contributed by atoms with Gasteiger partial charge in [0.1, 0.15) is 5.75 Å². The summed E-state index contributed by atoms with van der Waals surface area (Å²) in [6.07, 6.45) is 6.10. The Hall–Kier alpha value is -1.57. The zero-order chi connectivity index (χ0) is 16.3. The highest BCUT2D eigenvalue weighted by Gasteiger charge is 2.50. The number of allylic oxidation sites excluding steroid dienone is 2. The Bertz CT molecular complexity index is 667. The number of hydrogen-bond donors (Lipinski definition) is 1. The molecule has 0 bridgehead atoms. The minimum Gasteiger partial charge on any atom is -0.508 e. The van der Waals surface area contributed by atoms with Crippen LogP contribution in [0, 0.1) is 11.3 Å². The van der Waals surface area contributed by atoms with Crippen LogP contribution in [0.1, 0.15) is 74.9 Å². The van der Waals surface area contributed by atoms with Crippen LogP contribution in [0.3, 0.4) is 0 Å². The molecule has 0 radical (unpaired) electrons. The van der Waals surface area contributed by atoms with E-state index in [1.807, 2.05) is 26.0 Å². The molecule has 0 spiro atoms. The first-order valence-corrected chi connectivity index (χ1v) is 8.25. The van der Waals surface area contributed by atoms with Gasteiger partial charge in [-0.3, -0.25) is 4.79 Å². The molecule has 0 saturated heterocycles. The van der Waals surface area contributed by atoms with Crippen LogP contribution in [0.5, 0.6) is 5.75 Å². The van der Waals surface area contributed by atoms with Crippen LogP contribution in [0.25, 0.3) is 0 Å². The number of rotatable bonds is 1. The van der Waals surface area contributed by atoms with Gasteiger partial charge in [0.2, 0.25) is 0 Å². The van der Waals surface area contributed by atoms with Crippen molar-refractivity contribution in [2.75, 3.05) is 0 Å². The highest BCUT2D eigenvalue weighted by molar-refractivity contribution is 6.00. The summed E-state index contributed by atoms with van der Waals surface area (Å²) in [5.41, 5.74) is 2.61. The van der Waals surface area contributed by atoms with Crippen molar-refractivity contribution in [3.63, 3.8) is 0 Å². The second-order valence-corrected chi connectivity index (χ2v) is 8.17. The number of ketones is 1. The molecule has 1 aromatic rings. The average molecular weight is 298 g/mol. The molecule has 0 heterocycles. The van der Waals surface area contributed by atoms with Gasteiger partial charge in [-0.15, -0.1) is 0 Å². The van der Waals surface area contributed by atoms with Crippen molar-refractivity contribution in [3.05, 3.63) is 41.0 Å². The quantitative estimate of drug-likeness (QED) is 0.744. The van der Waals surface area contributed by atoms with Gasteiger partial charge in [-0.25, -0.2) is 0 Å². The van der Waals surface area contributed by atoms with Crippen molar-refractivity contribution in [1.82, 2.24) is 0 Å². The molecule has 2 heteroatoms. The first-order chi connectivity index (χ1) is 10.2. The van der Waals surface area contributed by atoms with Crippen molar-refractivity contribution in [1.29, 1.82) is 0 Å². The van der Waals surface area contributed by atoms with E-state index in [9.17, 15) is 9.90 Å². The van der Waals surface area contributed by atoms with E-state index in [-0.39, 0.29) is 28.4 Å². The van der Waals surface area contributed by atoms with E-state index in [2.05, 4.69) is 32.9 Å². The molecule has 0 saturated carbocycles. The second kappa shape index (κ2) is 4.71. The van der Waals surface area contributed by atoms with Crippen LogP contribution in [-0.2, 0) is 5.41 Å². The molecule has 0 unspecified atom stereocenters. The number of hydrogen-bond acceptors (Lipinski definition) is 2. The molecule has 2 aliphatic carbocycles. The van der Waals surface area contributed by atoms with E-state index in [0.29, 0.717) is 12.2 Å². The van der Waals surface area contributed by atoms with Crippen molar-refractivity contribution < 1.29 is 9.90 Å². The molecule has 22 heavy (non-hydrogen) atoms. The van der Waals surface area contributed by atoms with Gasteiger partial charge in [0.25, 0.3) is 0 Å². The van der Waals surface area contributed by atoms with Crippen molar-refractivity contribution in [3.8, 4) is 5.75 Å². The van der Waals surface area contributed by atoms with Crippen LogP contribution in [0.2, 0.25) is 0 Å². The largest absolute Gasteiger partial charge is 0.508 e. The zero-order valence-corrected chi connectivity index (χ0v) is 14.2. The van der Waals surface area contributed by atoms with Crippen LogP contribution in [-0.4, -0.2) is 10.9 Å². The molecule has 0 amide bonds. The Labute approximate surface area is 133 Å². The minimum atomic E-state index is -0.169. The van der Waals surface area contributed by atoms with Gasteiger partial charge in [-0.05, 0) is 46.9 Å². The van der Waals surface area contributed by atoms with Crippen molar-refractivity contribution in [2.24, 2.45) is 11.3 Å². The predicted octanol–water partition coefficient (Wildman–Crippen LogP) is 4.96. The fraction of sp³-hybridized carbons (Fsp3) is 0.550. The van der Waals surface area contributed by atoms with Gasteiger partial charge in [-0.1, -0.05) is 46.8 Å². The highest BCUT2D eigenvalue weighted by Crippen LogP contribution is 2.55. The SMILES string of the molecule is CC(C)c1cc2c(cc1O)[C@@]1(C)C=CCC(C)(C)[C@@H]1CC2=O. The van der Waals surface area contributed by atoms with Gasteiger partial charge >= 0.3 is 0 Å². The Morgan fingerprint density at radius 2 is 1.91 bits per heavy atom. The van der Waals surface area contributed by atoms with Crippen LogP contribution < -0.4 is 0 Å². The Morgan fingerprint density at radius 1 is 1.23 bits per heavy atom. The van der Waals surface area contributed by atoms with E-state index in [0.717, 1.165) is 23.1 Å². The Balaban J connectivity index is 2.25. The molecule has 2 aliphatic rings. The molecule has 118 valence electrons. The molecular formula is C20H26O2. The molecule has 0 aromatic heterocycles. The van der Waals surface area contributed by atoms with Crippen LogP contribution >= 0.6 is 0 Å². The monoisotopic (exact) mass is 298 g/mol. The molecule has 0 fully saturated rings. The van der Waals surface area contributed by atoms with Crippen molar-refractivity contribution >= 4 is 5.78 Å². The van der Waals surface area contributed by atoms with Crippen LogP contribution in [0.15, 0.2) is 24.3 Å². The molecular weight excluding hydrogens is 272 g/mol. The number of phenols is 1. The lowest BCUT2D eigenvalue weighted by molar-refractivity contribution is 0.0744. The van der Waals surface area contributed by atoms with Gasteiger partial charge in [-0.2, -0.15) is 0 Å². The summed E-state index contributed by atoms with van der Waals surface area (Å²) < 4.78 is 0. The third-order valence-electron chi connectivity index (χ3n) is 5.83. The van der Waals surface area contributed by atoms with Crippen LogP contribution in [0.4, 0.5) is 0 Å². The summed E-state index contributed by atoms with van der Waals surface area (Å²) in [6.45, 7) is 10.8. The van der Waals surface area contributed by atoms with E-state index >= 15 is 0 Å². The maximum atomic E-state index is 12.8. The number of benzene rings is 1. The maximum absolute atomic E-state index is 12.8. The summed E-state index contributed by atoms with van der Waals surface area (Å²) in [5, 5.41) is 10.4. The highest BCUT2D eigenvalue weighted by atomic mass is 16.3. The summed E-state index contributed by atoms with van der Waals surface area (Å²) in [5.74, 6) is 1.04. The molecule has 1 N–H and O–H groups in total. The lowest BCUT2D eigenvalue weighted by atomic mass is 9.52. The minimum absolute atomic E-state index is 0.100. The Morgan fingerprint density at radius 3 is 2.55 bits per heavy atom. The molecule has 1 aromatic carbocycles. The number of aromatic hydroxyl groups is 1. The molecule has 0 aliphatic heterocycles. The van der Waals surface area contributed by atoms with E-state index < -0.39 is 0 Å². The lowest BCUT2D eigenvalue weighted by Gasteiger charge is -2.51. The lowest BCUT2D eigenvalue weighted by Crippen LogP contribution is -2.47. The first kappa shape index (κ1) is 15.3. The van der Waals surface area contributed by atoms with Gasteiger partial charge < -0.3 is 5.11 Å². The summed E-state index contributed by atoms with van der Waals surface area (Å²) >= 11 is 0. The van der Waals surface area contributed by atoms with Gasteiger partial charge in [0.05, 0.1) is 0 Å². The first-order valence-electron chi connectivity index (χ1n) is 8.25. The normalized spacial score (nSPS) is 29.4. The summed E-state index contributed by atoms with van der Waals surface area (Å²) in [4.78, 5) is 12.8. The van der Waals surface area contributed by atoms with Crippen molar-refractivity contribution in [2.45, 2.75) is 58.8 Å². The number of fused-ring (bicyclic) bond motifs is 3. The number of phenolic OH excluding ortho intramolecular Hbond substituents is 1. The fourth-order valence-electron chi connectivity index (χ4n) is 4.48. The average Bonchev–Trinajstić information content (AvgIpc) is 2.41. The number of Topliss-reactive ketones (excluding diaryl/α,β-unsaturated/α-hetero) is 1. The van der Waals surface area contributed by atoms with E-state index in [4.69, 9.17) is 0 Å². The second-order valence-electron chi connectivity index (χ2n) is 8.17. The molecule has 2 atom stereocenters. The zero-order valence-electron chi connectivity index (χ0n) is 14.2. The smallest absolute Gasteiger partial charge is 0.163 e. The topological polar surface area (TPSA) is 37.3 Å². The predicted molar refractivity (Wildman–Crippen MR) is 89.5 cm³/mol. The molecule has 3 rings (SSSR count). The maximum Gasteiger partial charge on any atom is 0.163 e. The van der Waals surface area contributed by atoms with E-state index in [1.54, 1.807) is 0 Å². The standard InChI is InChI=1S/C20H26O2/c1-12(2)13-9-14-15(10-16(13)21)20(5)8-6-7-19(3,4)18(20)11-17(14)22/h6,8-10,12,18,21H,7,11H2,1-5H3/t18-,20+/m0/s1. The third kappa shape index (κ3) is 2.04. The van der Waals surface area contributed by atoms with Gasteiger partial charge in [0, 0.05) is 17.4 Å². The number of carbonyl (C=O) groups excluding carboxylic acids is 1. The third-order valence-corrected chi connectivity index (χ3v) is 5.83. The summed E-state index contributed by atoms with van der Waals surface area (Å²) in [6, 6.07) is 3.77.